The number of halogens is 1. The smallest absolute Gasteiger partial charge is 0.221 e. The minimum Gasteiger partial charge on any atom is -0.392 e. The molecule has 0 aromatic rings. The molecule has 2 rings (SSSR count). The highest BCUT2D eigenvalue weighted by Gasteiger charge is 2.35. The minimum absolute atomic E-state index is 0. The van der Waals surface area contributed by atoms with Gasteiger partial charge in [0.25, 0.3) is 0 Å². The molecule has 0 bridgehead atoms. The molecule has 3 unspecified atom stereocenters. The van der Waals surface area contributed by atoms with Gasteiger partial charge in [-0.3, -0.25) is 4.79 Å². The van der Waals surface area contributed by atoms with Crippen molar-refractivity contribution in [3.63, 3.8) is 0 Å². The van der Waals surface area contributed by atoms with Crippen LogP contribution in [0.25, 0.3) is 0 Å². The van der Waals surface area contributed by atoms with Crippen molar-refractivity contribution in [3.8, 4) is 0 Å². The molecule has 0 radical (unpaired) electrons. The Hall–Kier alpha value is -0.320. The van der Waals surface area contributed by atoms with E-state index in [9.17, 15) is 9.90 Å². The lowest BCUT2D eigenvalue weighted by Gasteiger charge is -2.38. The first-order chi connectivity index (χ1) is 8.60. The van der Waals surface area contributed by atoms with Gasteiger partial charge in [0.15, 0.2) is 0 Å². The van der Waals surface area contributed by atoms with Crippen molar-refractivity contribution >= 4 is 18.3 Å². The molecule has 2 fully saturated rings. The quantitative estimate of drug-likeness (QED) is 0.737. The maximum atomic E-state index is 11.9. The Morgan fingerprint density at radius 1 is 1.37 bits per heavy atom. The van der Waals surface area contributed by atoms with Crippen molar-refractivity contribution in [2.45, 2.75) is 64.0 Å². The fraction of sp³-hybridized carbons (Fsp3) is 0.929. The zero-order valence-corrected chi connectivity index (χ0v) is 12.6. The monoisotopic (exact) mass is 290 g/mol. The van der Waals surface area contributed by atoms with Gasteiger partial charge < -0.3 is 15.7 Å². The number of amides is 1. The van der Waals surface area contributed by atoms with E-state index in [0.717, 1.165) is 38.6 Å². The van der Waals surface area contributed by atoms with Crippen molar-refractivity contribution in [1.29, 1.82) is 0 Å². The zero-order valence-electron chi connectivity index (χ0n) is 11.8. The normalized spacial score (nSPS) is 34.6. The van der Waals surface area contributed by atoms with E-state index in [1.807, 2.05) is 0 Å². The fourth-order valence-electron chi connectivity index (χ4n) is 3.12. The molecule has 1 saturated carbocycles. The number of carbonyl (C=O) groups excluding carboxylic acids is 1. The van der Waals surface area contributed by atoms with Gasteiger partial charge in [0.1, 0.15) is 0 Å². The number of rotatable bonds is 4. The first-order valence-corrected chi connectivity index (χ1v) is 7.28. The van der Waals surface area contributed by atoms with Gasteiger partial charge in [0.05, 0.1) is 6.10 Å². The molecule has 1 aliphatic heterocycles. The van der Waals surface area contributed by atoms with E-state index in [0.29, 0.717) is 19.0 Å². The number of aliphatic hydroxyl groups excluding tert-OH is 1. The Morgan fingerprint density at radius 3 is 2.79 bits per heavy atom. The topological polar surface area (TPSA) is 61.4 Å². The van der Waals surface area contributed by atoms with Gasteiger partial charge in [-0.25, -0.2) is 0 Å². The van der Waals surface area contributed by atoms with Gasteiger partial charge in [-0.15, -0.1) is 12.4 Å². The Labute approximate surface area is 122 Å². The third-order valence-electron chi connectivity index (χ3n) is 4.56. The van der Waals surface area contributed by atoms with Gasteiger partial charge in [0.2, 0.25) is 5.91 Å². The third kappa shape index (κ3) is 4.62. The second kappa shape index (κ2) is 7.46. The van der Waals surface area contributed by atoms with Crippen LogP contribution in [-0.2, 0) is 4.79 Å². The van der Waals surface area contributed by atoms with Gasteiger partial charge in [-0.2, -0.15) is 0 Å². The van der Waals surface area contributed by atoms with Crippen LogP contribution in [0.4, 0.5) is 0 Å². The second-order valence-electron chi connectivity index (χ2n) is 6.19. The largest absolute Gasteiger partial charge is 0.392 e. The number of carbonyl (C=O) groups is 1. The van der Waals surface area contributed by atoms with E-state index < -0.39 is 0 Å². The highest BCUT2D eigenvalue weighted by Crippen LogP contribution is 2.35. The molecule has 112 valence electrons. The average Bonchev–Trinajstić information content (AvgIpc) is 2.84. The lowest BCUT2D eigenvalue weighted by molar-refractivity contribution is -0.122. The van der Waals surface area contributed by atoms with Crippen LogP contribution in [0.1, 0.15) is 51.9 Å². The Balaban J connectivity index is 0.00000180. The van der Waals surface area contributed by atoms with Gasteiger partial charge >= 0.3 is 0 Å². The molecule has 2 aliphatic rings. The molecule has 1 aliphatic carbocycles. The number of hydrogen-bond acceptors (Lipinski definition) is 3. The molecule has 19 heavy (non-hydrogen) atoms. The Morgan fingerprint density at radius 2 is 2.16 bits per heavy atom. The first-order valence-electron chi connectivity index (χ1n) is 7.28. The van der Waals surface area contributed by atoms with Crippen molar-refractivity contribution in [1.82, 2.24) is 10.6 Å². The van der Waals surface area contributed by atoms with Crippen molar-refractivity contribution in [2.24, 2.45) is 5.41 Å². The molecule has 3 N–H and O–H groups in total. The first kappa shape index (κ1) is 16.7. The van der Waals surface area contributed by atoms with Gasteiger partial charge in [-0.05, 0) is 32.2 Å². The summed E-state index contributed by atoms with van der Waals surface area (Å²) in [5.41, 5.74) is -0.128. The van der Waals surface area contributed by atoms with Crippen molar-refractivity contribution in [2.75, 3.05) is 13.1 Å². The summed E-state index contributed by atoms with van der Waals surface area (Å²) in [4.78, 5) is 11.9. The van der Waals surface area contributed by atoms with E-state index in [2.05, 4.69) is 17.6 Å². The van der Waals surface area contributed by atoms with Crippen LogP contribution in [0, 0.1) is 5.41 Å². The molecule has 1 heterocycles. The average molecular weight is 291 g/mol. The van der Waals surface area contributed by atoms with Crippen LogP contribution >= 0.6 is 12.4 Å². The number of aliphatic hydroxyl groups is 1. The molecule has 3 atom stereocenters. The van der Waals surface area contributed by atoms with Crippen LogP contribution in [-0.4, -0.2) is 36.2 Å². The maximum absolute atomic E-state index is 11.9. The van der Waals surface area contributed by atoms with Crippen LogP contribution < -0.4 is 10.6 Å². The van der Waals surface area contributed by atoms with Crippen LogP contribution in [0.3, 0.4) is 0 Å². The molecule has 1 saturated heterocycles. The lowest BCUT2D eigenvalue weighted by atomic mass is 9.73. The second-order valence-corrected chi connectivity index (χ2v) is 6.19. The SMILES string of the molecule is CC1(CNC(=O)CC2CCCN2)CCCCC1O.Cl. The van der Waals surface area contributed by atoms with Crippen molar-refractivity contribution < 1.29 is 9.90 Å². The predicted molar refractivity (Wildman–Crippen MR) is 78.5 cm³/mol. The number of hydrogen-bond donors (Lipinski definition) is 3. The van der Waals surface area contributed by atoms with Crippen LogP contribution in [0.5, 0.6) is 0 Å². The Bertz CT molecular complexity index is 295. The van der Waals surface area contributed by atoms with E-state index in [-0.39, 0.29) is 29.8 Å². The summed E-state index contributed by atoms with van der Waals surface area (Å²) in [5, 5.41) is 16.4. The predicted octanol–water partition coefficient (Wildman–Crippen LogP) is 1.61. The molecule has 0 spiro atoms. The molecular weight excluding hydrogens is 264 g/mol. The number of nitrogens with one attached hydrogen (secondary N) is 2. The van der Waals surface area contributed by atoms with Gasteiger partial charge in [-0.1, -0.05) is 19.8 Å². The molecular formula is C14H27ClN2O2. The summed E-state index contributed by atoms with van der Waals surface area (Å²) in [6, 6.07) is 0.356. The van der Waals surface area contributed by atoms with E-state index in [4.69, 9.17) is 0 Å². The summed E-state index contributed by atoms with van der Waals surface area (Å²) >= 11 is 0. The summed E-state index contributed by atoms with van der Waals surface area (Å²) in [7, 11) is 0. The van der Waals surface area contributed by atoms with Gasteiger partial charge in [0, 0.05) is 24.4 Å². The highest BCUT2D eigenvalue weighted by molar-refractivity contribution is 5.85. The highest BCUT2D eigenvalue weighted by atomic mass is 35.5. The van der Waals surface area contributed by atoms with Crippen molar-refractivity contribution in [3.05, 3.63) is 0 Å². The van der Waals surface area contributed by atoms with Crippen LogP contribution in [0.15, 0.2) is 0 Å². The molecule has 5 heteroatoms. The molecule has 4 nitrogen and oxygen atoms in total. The third-order valence-corrected chi connectivity index (χ3v) is 4.56. The molecule has 0 aromatic heterocycles. The zero-order chi connectivity index (χ0) is 13.0. The minimum atomic E-state index is -0.267. The lowest BCUT2D eigenvalue weighted by Crippen LogP contribution is -2.45. The van der Waals surface area contributed by atoms with E-state index in [1.165, 1.54) is 6.42 Å². The summed E-state index contributed by atoms with van der Waals surface area (Å²) in [6.45, 7) is 3.74. The maximum Gasteiger partial charge on any atom is 0.221 e. The van der Waals surface area contributed by atoms with E-state index >= 15 is 0 Å². The molecule has 1 amide bonds. The standard InChI is InChI=1S/C14H26N2O2.ClH/c1-14(7-3-2-6-12(14)17)10-16-13(18)9-11-5-4-8-15-11;/h11-12,15,17H,2-10H2,1H3,(H,16,18);1H. The molecule has 0 aromatic carbocycles. The van der Waals surface area contributed by atoms with E-state index in [1.54, 1.807) is 0 Å². The fourth-order valence-corrected chi connectivity index (χ4v) is 3.12. The summed E-state index contributed by atoms with van der Waals surface area (Å²) < 4.78 is 0. The summed E-state index contributed by atoms with van der Waals surface area (Å²) in [6.07, 6.45) is 6.74. The van der Waals surface area contributed by atoms with Crippen LogP contribution in [0.2, 0.25) is 0 Å². The Kier molecular flexibility index (Phi) is 6.57. The summed E-state index contributed by atoms with van der Waals surface area (Å²) in [5.74, 6) is 0.119.